The van der Waals surface area contributed by atoms with Crippen LogP contribution in [0.5, 0.6) is 11.5 Å². The van der Waals surface area contributed by atoms with E-state index in [1.165, 1.54) is 16.6 Å². The number of carbonyl (C=O) groups excluding carboxylic acids is 2. The molecule has 2 aromatic carbocycles. The number of nitrogens with zero attached hydrogens (tertiary/aromatic N) is 2. The van der Waals surface area contributed by atoms with Gasteiger partial charge in [0.25, 0.3) is 0 Å². The van der Waals surface area contributed by atoms with E-state index in [0.717, 1.165) is 16.9 Å². The van der Waals surface area contributed by atoms with Gasteiger partial charge in [0.15, 0.2) is 11.5 Å². The highest BCUT2D eigenvalue weighted by Crippen LogP contribution is 2.46. The van der Waals surface area contributed by atoms with Crippen molar-refractivity contribution in [3.05, 3.63) is 68.6 Å². The van der Waals surface area contributed by atoms with Gasteiger partial charge in [-0.25, -0.2) is 0 Å². The summed E-state index contributed by atoms with van der Waals surface area (Å²) in [6.07, 6.45) is 0.162. The number of esters is 1. The lowest BCUT2D eigenvalue weighted by atomic mass is 9.90. The predicted molar refractivity (Wildman–Crippen MR) is 120 cm³/mol. The molecule has 8 nitrogen and oxygen atoms in total. The highest BCUT2D eigenvalue weighted by atomic mass is 32.1. The average Bonchev–Trinajstić information content (AvgIpc) is 3.14. The Morgan fingerprint density at radius 1 is 1.03 bits per heavy atom. The molecule has 1 aliphatic heterocycles. The van der Waals surface area contributed by atoms with Crippen molar-refractivity contribution < 1.29 is 23.8 Å². The first-order valence-corrected chi connectivity index (χ1v) is 10.7. The Kier molecular flexibility index (Phi) is 6.00. The van der Waals surface area contributed by atoms with Gasteiger partial charge >= 0.3 is 10.8 Å². The Labute approximate surface area is 188 Å². The van der Waals surface area contributed by atoms with Gasteiger partial charge in [-0.15, -0.1) is 0 Å². The molecule has 0 unspecified atom stereocenters. The van der Waals surface area contributed by atoms with E-state index in [1.54, 1.807) is 32.4 Å². The number of amides is 1. The molecule has 4 rings (SSSR count). The molecule has 2 heterocycles. The first kappa shape index (κ1) is 21.6. The molecule has 0 bridgehead atoms. The first-order chi connectivity index (χ1) is 15.5. The number of fused-ring (bicyclic) bond motifs is 1. The number of thiazole rings is 1. The predicted octanol–water partition coefficient (Wildman–Crippen LogP) is 3.30. The maximum Gasteiger partial charge on any atom is 0.325 e. The molecule has 0 spiro atoms. The van der Waals surface area contributed by atoms with Gasteiger partial charge in [0.2, 0.25) is 5.91 Å². The maximum absolute atomic E-state index is 13.4. The van der Waals surface area contributed by atoms with Crippen LogP contribution >= 0.6 is 11.3 Å². The minimum absolute atomic E-state index is 0.162. The van der Waals surface area contributed by atoms with E-state index in [4.69, 9.17) is 14.2 Å². The third-order valence-electron chi connectivity index (χ3n) is 5.39. The number of aromatic nitrogens is 1. The number of para-hydroxylation sites is 1. The molecule has 3 aromatic rings. The second kappa shape index (κ2) is 8.88. The Balaban J connectivity index is 1.90. The molecule has 0 aliphatic carbocycles. The Morgan fingerprint density at radius 2 is 1.75 bits per heavy atom. The summed E-state index contributed by atoms with van der Waals surface area (Å²) in [7, 11) is 4.36. The molecule has 1 aliphatic rings. The van der Waals surface area contributed by atoms with Crippen molar-refractivity contribution in [2.24, 2.45) is 0 Å². The second-order valence-corrected chi connectivity index (χ2v) is 8.15. The standard InChI is InChI=1S/C23H22N2O6S/c1-29-17-10-9-14(11-18(17)30-2)16-12-19(26)25(15-7-5-4-6-8-15)22-21(16)32-23(28)24(22)13-20(27)31-3/h4-11,16H,12-13H2,1-3H3/t16-/m1/s1. The second-order valence-electron chi connectivity index (χ2n) is 7.15. The van der Waals surface area contributed by atoms with Crippen LogP contribution in [0.25, 0.3) is 0 Å². The largest absolute Gasteiger partial charge is 0.493 e. The molecule has 0 saturated heterocycles. The van der Waals surface area contributed by atoms with Gasteiger partial charge < -0.3 is 14.2 Å². The Morgan fingerprint density at radius 3 is 2.41 bits per heavy atom. The quantitative estimate of drug-likeness (QED) is 0.531. The number of rotatable bonds is 6. The normalized spacial score (nSPS) is 15.3. The summed E-state index contributed by atoms with van der Waals surface area (Å²) >= 11 is 1.03. The Bertz CT molecular complexity index is 1220. The molecule has 166 valence electrons. The number of hydrogen-bond donors (Lipinski definition) is 0. The van der Waals surface area contributed by atoms with Crippen LogP contribution in [0.2, 0.25) is 0 Å². The van der Waals surface area contributed by atoms with Crippen LogP contribution in [0.4, 0.5) is 11.5 Å². The van der Waals surface area contributed by atoms with E-state index < -0.39 is 5.97 Å². The zero-order valence-corrected chi connectivity index (χ0v) is 18.7. The molecule has 0 fully saturated rings. The van der Waals surface area contributed by atoms with Gasteiger partial charge in [0.05, 0.1) is 31.9 Å². The van der Waals surface area contributed by atoms with Crippen molar-refractivity contribution in [2.45, 2.75) is 18.9 Å². The number of hydrogen-bond acceptors (Lipinski definition) is 7. The number of carbonyl (C=O) groups is 2. The van der Waals surface area contributed by atoms with Crippen LogP contribution in [0.1, 0.15) is 22.8 Å². The fraction of sp³-hybridized carbons (Fsp3) is 0.261. The van der Waals surface area contributed by atoms with E-state index in [-0.39, 0.29) is 29.7 Å². The molecular weight excluding hydrogens is 432 g/mol. The van der Waals surface area contributed by atoms with Crippen molar-refractivity contribution in [1.29, 1.82) is 0 Å². The zero-order valence-electron chi connectivity index (χ0n) is 17.9. The van der Waals surface area contributed by atoms with Gasteiger partial charge in [0, 0.05) is 12.3 Å². The van der Waals surface area contributed by atoms with Gasteiger partial charge in [-0.3, -0.25) is 23.9 Å². The average molecular weight is 455 g/mol. The van der Waals surface area contributed by atoms with Crippen LogP contribution in [0.15, 0.2) is 53.3 Å². The molecule has 9 heteroatoms. The van der Waals surface area contributed by atoms with Crippen LogP contribution in [0, 0.1) is 0 Å². The third kappa shape index (κ3) is 3.75. The maximum atomic E-state index is 13.4. The van der Waals surface area contributed by atoms with Gasteiger partial charge in [0.1, 0.15) is 12.4 Å². The van der Waals surface area contributed by atoms with Gasteiger partial charge in [-0.2, -0.15) is 0 Å². The summed E-state index contributed by atoms with van der Waals surface area (Å²) in [5.41, 5.74) is 1.44. The molecule has 0 radical (unpaired) electrons. The number of methoxy groups -OCH3 is 3. The lowest BCUT2D eigenvalue weighted by Crippen LogP contribution is -2.36. The summed E-state index contributed by atoms with van der Waals surface area (Å²) in [5.74, 6) is 0.384. The van der Waals surface area contributed by atoms with E-state index in [9.17, 15) is 14.4 Å². The minimum Gasteiger partial charge on any atom is -0.493 e. The highest BCUT2D eigenvalue weighted by molar-refractivity contribution is 7.10. The molecule has 1 amide bonds. The lowest BCUT2D eigenvalue weighted by Gasteiger charge is -2.32. The summed E-state index contributed by atoms with van der Waals surface area (Å²) in [4.78, 5) is 40.2. The fourth-order valence-electron chi connectivity index (χ4n) is 3.86. The van der Waals surface area contributed by atoms with E-state index in [1.807, 2.05) is 30.3 Å². The van der Waals surface area contributed by atoms with Crippen LogP contribution in [-0.4, -0.2) is 37.8 Å². The molecule has 0 saturated carbocycles. The van der Waals surface area contributed by atoms with E-state index in [0.29, 0.717) is 27.9 Å². The van der Waals surface area contributed by atoms with Crippen molar-refractivity contribution in [2.75, 3.05) is 26.2 Å². The van der Waals surface area contributed by atoms with Crippen LogP contribution < -0.4 is 19.2 Å². The summed E-state index contributed by atoms with van der Waals surface area (Å²) < 4.78 is 16.8. The Hall–Kier alpha value is -3.59. The molecule has 0 N–H and O–H groups in total. The SMILES string of the molecule is COC(=O)Cn1c2c(sc1=O)[C@@H](c1ccc(OC)c(OC)c1)CC(=O)N2c1ccccc1. The highest BCUT2D eigenvalue weighted by Gasteiger charge is 2.38. The van der Waals surface area contributed by atoms with Crippen molar-refractivity contribution in [3.63, 3.8) is 0 Å². The third-order valence-corrected chi connectivity index (χ3v) is 6.47. The smallest absolute Gasteiger partial charge is 0.325 e. The van der Waals surface area contributed by atoms with Crippen molar-refractivity contribution in [1.82, 2.24) is 4.57 Å². The zero-order chi connectivity index (χ0) is 22.8. The molecular formula is C23H22N2O6S. The number of anilines is 2. The fourth-order valence-corrected chi connectivity index (χ4v) is 4.97. The van der Waals surface area contributed by atoms with E-state index in [2.05, 4.69) is 0 Å². The van der Waals surface area contributed by atoms with Crippen molar-refractivity contribution in [3.8, 4) is 11.5 Å². The summed E-state index contributed by atoms with van der Waals surface area (Å²) in [6.45, 7) is -0.281. The topological polar surface area (TPSA) is 87.1 Å². The molecule has 32 heavy (non-hydrogen) atoms. The molecule has 1 aromatic heterocycles. The summed E-state index contributed by atoms with van der Waals surface area (Å²) in [5, 5.41) is 0. The summed E-state index contributed by atoms with van der Waals surface area (Å²) in [6, 6.07) is 14.5. The number of benzene rings is 2. The monoisotopic (exact) mass is 454 g/mol. The lowest BCUT2D eigenvalue weighted by molar-refractivity contribution is -0.141. The van der Waals surface area contributed by atoms with Gasteiger partial charge in [-0.05, 0) is 29.8 Å². The first-order valence-electron chi connectivity index (χ1n) is 9.88. The minimum atomic E-state index is -0.568. The van der Waals surface area contributed by atoms with E-state index >= 15 is 0 Å². The van der Waals surface area contributed by atoms with Gasteiger partial charge in [-0.1, -0.05) is 35.6 Å². The number of ether oxygens (including phenoxy) is 3. The van der Waals surface area contributed by atoms with Crippen LogP contribution in [0.3, 0.4) is 0 Å². The molecule has 1 atom stereocenters. The van der Waals surface area contributed by atoms with Crippen molar-refractivity contribution >= 4 is 34.7 Å². The van der Waals surface area contributed by atoms with Crippen LogP contribution in [-0.2, 0) is 20.9 Å².